The van der Waals surface area contributed by atoms with Gasteiger partial charge in [0.15, 0.2) is 0 Å². The monoisotopic (exact) mass is 346 g/mol. The quantitative estimate of drug-likeness (QED) is 0.728. The lowest BCUT2D eigenvalue weighted by Crippen LogP contribution is -2.32. The van der Waals surface area contributed by atoms with Gasteiger partial charge >= 0.3 is 0 Å². The van der Waals surface area contributed by atoms with E-state index in [1.807, 2.05) is 11.6 Å². The van der Waals surface area contributed by atoms with Gasteiger partial charge in [-0.15, -0.1) is 10.2 Å². The van der Waals surface area contributed by atoms with Crippen LogP contribution >= 0.6 is 0 Å². The highest BCUT2D eigenvalue weighted by atomic mass is 16.5. The Bertz CT molecular complexity index is 826. The molecule has 0 radical (unpaired) electrons. The predicted molar refractivity (Wildman–Crippen MR) is 90.9 cm³/mol. The molecule has 0 saturated heterocycles. The van der Waals surface area contributed by atoms with E-state index >= 15 is 0 Å². The fourth-order valence-corrected chi connectivity index (χ4v) is 3.01. The van der Waals surface area contributed by atoms with Crippen LogP contribution in [-0.2, 0) is 26.4 Å². The first-order chi connectivity index (χ1) is 12.1. The van der Waals surface area contributed by atoms with E-state index in [-0.39, 0.29) is 11.5 Å². The summed E-state index contributed by atoms with van der Waals surface area (Å²) in [4.78, 5) is 25.0. The first-order valence-electron chi connectivity index (χ1n) is 8.24. The summed E-state index contributed by atoms with van der Waals surface area (Å²) in [6, 6.07) is 1.38. The molecule has 2 aromatic heterocycles. The summed E-state index contributed by atoms with van der Waals surface area (Å²) in [5.41, 5.74) is 1.00. The Morgan fingerprint density at radius 1 is 1.44 bits per heavy atom. The minimum Gasteiger partial charge on any atom is -0.496 e. The van der Waals surface area contributed by atoms with Crippen molar-refractivity contribution in [1.29, 1.82) is 0 Å². The number of carbonyl (C=O) groups excluding carboxylic acids is 1. The summed E-state index contributed by atoms with van der Waals surface area (Å²) in [6.07, 6.45) is 2.79. The van der Waals surface area contributed by atoms with Gasteiger partial charge in [0.2, 0.25) is 0 Å². The molecule has 1 aliphatic rings. The van der Waals surface area contributed by atoms with E-state index in [1.54, 1.807) is 10.9 Å². The molecule has 1 amide bonds. The molecule has 3 rings (SSSR count). The largest absolute Gasteiger partial charge is 0.496 e. The van der Waals surface area contributed by atoms with Gasteiger partial charge in [-0.1, -0.05) is 0 Å². The van der Waals surface area contributed by atoms with Crippen molar-refractivity contribution in [3.05, 3.63) is 39.8 Å². The highest BCUT2D eigenvalue weighted by Gasteiger charge is 2.23. The Labute approximate surface area is 145 Å². The van der Waals surface area contributed by atoms with E-state index in [1.165, 1.54) is 13.2 Å². The van der Waals surface area contributed by atoms with E-state index < -0.39 is 0 Å². The number of fused-ring (bicyclic) bond motifs is 1. The molecule has 0 bridgehead atoms. The Morgan fingerprint density at radius 3 is 3.00 bits per heavy atom. The Kier molecular flexibility index (Phi) is 5.13. The standard InChI is InChI=1S/C16H22N6O3/c1-21-10-19-20-13(21)4-6-18-16(24)15-11-3-5-17-7-8-22(11)14(23)9-12(15)25-2/h9-10,17H,3-8H2,1-2H3,(H,18,24). The number of ether oxygens (including phenoxy) is 1. The van der Waals surface area contributed by atoms with Crippen molar-refractivity contribution in [3.8, 4) is 5.75 Å². The lowest BCUT2D eigenvalue weighted by Gasteiger charge is -2.17. The predicted octanol–water partition coefficient (Wildman–Crippen LogP) is -0.896. The molecule has 0 saturated carbocycles. The SMILES string of the molecule is COc1cc(=O)n2c(c1C(=O)NCCc1nncn1C)CCNCC2. The lowest BCUT2D eigenvalue weighted by atomic mass is 10.1. The van der Waals surface area contributed by atoms with E-state index in [4.69, 9.17) is 4.74 Å². The summed E-state index contributed by atoms with van der Waals surface area (Å²) in [7, 11) is 3.33. The Hall–Kier alpha value is -2.68. The van der Waals surface area contributed by atoms with Gasteiger partial charge in [-0.2, -0.15) is 0 Å². The van der Waals surface area contributed by atoms with Crippen molar-refractivity contribution < 1.29 is 9.53 Å². The smallest absolute Gasteiger partial charge is 0.256 e. The minimum atomic E-state index is -0.246. The summed E-state index contributed by atoms with van der Waals surface area (Å²) in [5.74, 6) is 0.860. The number of aryl methyl sites for hydroxylation is 1. The fourth-order valence-electron chi connectivity index (χ4n) is 3.01. The number of nitrogens with zero attached hydrogens (tertiary/aromatic N) is 4. The summed E-state index contributed by atoms with van der Waals surface area (Å²) >= 11 is 0. The number of amides is 1. The third kappa shape index (κ3) is 3.55. The van der Waals surface area contributed by atoms with E-state index in [9.17, 15) is 9.59 Å². The van der Waals surface area contributed by atoms with Crippen molar-refractivity contribution in [2.24, 2.45) is 7.05 Å². The number of nitrogens with one attached hydrogen (secondary N) is 2. The normalized spacial score (nSPS) is 13.8. The number of methoxy groups -OCH3 is 1. The molecule has 2 N–H and O–H groups in total. The van der Waals surface area contributed by atoms with Crippen LogP contribution in [0.5, 0.6) is 5.75 Å². The molecule has 2 aromatic rings. The molecule has 134 valence electrons. The topological polar surface area (TPSA) is 103 Å². The van der Waals surface area contributed by atoms with E-state index in [0.29, 0.717) is 56.0 Å². The van der Waals surface area contributed by atoms with Crippen molar-refractivity contribution in [2.45, 2.75) is 19.4 Å². The number of rotatable bonds is 5. The molecular formula is C16H22N6O3. The van der Waals surface area contributed by atoms with Crippen LogP contribution in [0.1, 0.15) is 21.9 Å². The van der Waals surface area contributed by atoms with Crippen molar-refractivity contribution in [2.75, 3.05) is 26.7 Å². The first-order valence-corrected chi connectivity index (χ1v) is 8.24. The van der Waals surface area contributed by atoms with Crippen LogP contribution in [0.2, 0.25) is 0 Å². The highest BCUT2D eigenvalue weighted by Crippen LogP contribution is 2.21. The Morgan fingerprint density at radius 2 is 2.28 bits per heavy atom. The van der Waals surface area contributed by atoms with Gasteiger partial charge in [0.05, 0.1) is 7.11 Å². The molecule has 0 aromatic carbocycles. The highest BCUT2D eigenvalue weighted by molar-refractivity contribution is 5.98. The maximum atomic E-state index is 12.8. The number of hydrogen-bond donors (Lipinski definition) is 2. The van der Waals surface area contributed by atoms with E-state index in [0.717, 1.165) is 5.82 Å². The van der Waals surface area contributed by atoms with Crippen LogP contribution in [0.3, 0.4) is 0 Å². The Balaban J connectivity index is 1.83. The van der Waals surface area contributed by atoms with E-state index in [2.05, 4.69) is 20.8 Å². The zero-order valence-corrected chi connectivity index (χ0v) is 14.4. The van der Waals surface area contributed by atoms with Crippen LogP contribution < -0.4 is 20.9 Å². The average Bonchev–Trinajstić information content (AvgIpc) is 2.85. The maximum absolute atomic E-state index is 12.8. The van der Waals surface area contributed by atoms with Gasteiger partial charge in [-0.3, -0.25) is 9.59 Å². The second-order valence-corrected chi connectivity index (χ2v) is 5.89. The lowest BCUT2D eigenvalue weighted by molar-refractivity contribution is 0.0948. The zero-order chi connectivity index (χ0) is 17.8. The summed E-state index contributed by atoms with van der Waals surface area (Å²) in [6.45, 7) is 2.38. The number of aromatic nitrogens is 4. The molecule has 0 aliphatic carbocycles. The van der Waals surface area contributed by atoms with Gasteiger partial charge in [-0.05, 0) is 0 Å². The van der Waals surface area contributed by atoms with Crippen molar-refractivity contribution in [1.82, 2.24) is 30.0 Å². The molecule has 3 heterocycles. The number of carbonyl (C=O) groups is 1. The van der Waals surface area contributed by atoms with Gasteiger partial charge in [-0.25, -0.2) is 0 Å². The molecule has 9 nitrogen and oxygen atoms in total. The van der Waals surface area contributed by atoms with Gasteiger partial charge < -0.3 is 24.5 Å². The van der Waals surface area contributed by atoms with Gasteiger partial charge in [0.25, 0.3) is 11.5 Å². The van der Waals surface area contributed by atoms with Crippen molar-refractivity contribution >= 4 is 5.91 Å². The molecule has 25 heavy (non-hydrogen) atoms. The first kappa shape index (κ1) is 17.2. The number of hydrogen-bond acceptors (Lipinski definition) is 6. The third-order valence-electron chi connectivity index (χ3n) is 4.32. The van der Waals surface area contributed by atoms with Gasteiger partial charge in [0.1, 0.15) is 23.5 Å². The second-order valence-electron chi connectivity index (χ2n) is 5.89. The average molecular weight is 346 g/mol. The minimum absolute atomic E-state index is 0.147. The third-order valence-corrected chi connectivity index (χ3v) is 4.32. The number of pyridine rings is 1. The molecule has 0 spiro atoms. The molecule has 0 fully saturated rings. The van der Waals surface area contributed by atoms with Gasteiger partial charge in [0, 0.05) is 57.8 Å². The second kappa shape index (κ2) is 7.47. The zero-order valence-electron chi connectivity index (χ0n) is 14.4. The summed E-state index contributed by atoms with van der Waals surface area (Å²) in [5, 5.41) is 14.0. The molecule has 0 atom stereocenters. The van der Waals surface area contributed by atoms with Crippen LogP contribution in [0.15, 0.2) is 17.2 Å². The van der Waals surface area contributed by atoms with Crippen LogP contribution in [-0.4, -0.2) is 52.0 Å². The molecular weight excluding hydrogens is 324 g/mol. The maximum Gasteiger partial charge on any atom is 0.256 e. The fraction of sp³-hybridized carbons (Fsp3) is 0.500. The summed E-state index contributed by atoms with van der Waals surface area (Å²) < 4.78 is 8.77. The van der Waals surface area contributed by atoms with Crippen LogP contribution in [0, 0.1) is 0 Å². The van der Waals surface area contributed by atoms with Crippen LogP contribution in [0.4, 0.5) is 0 Å². The van der Waals surface area contributed by atoms with Crippen molar-refractivity contribution in [3.63, 3.8) is 0 Å². The molecule has 0 unspecified atom stereocenters. The molecule has 9 heteroatoms. The molecule has 1 aliphatic heterocycles. The van der Waals surface area contributed by atoms with Crippen LogP contribution in [0.25, 0.3) is 0 Å².